The lowest BCUT2D eigenvalue weighted by molar-refractivity contribution is -0.156. The zero-order valence-electron chi connectivity index (χ0n) is 11.3. The van der Waals surface area contributed by atoms with E-state index in [4.69, 9.17) is 25.5 Å². The number of oxazole rings is 1. The molecule has 21 heavy (non-hydrogen) atoms. The molecule has 1 aromatic carbocycles. The maximum absolute atomic E-state index is 11.7. The molecule has 1 aromatic heterocycles. The Balaban J connectivity index is 1.60. The lowest BCUT2D eigenvalue weighted by Gasteiger charge is -2.07. The molecule has 0 unspecified atom stereocenters. The molecule has 1 atom stereocenters. The number of hydrogen-bond donors (Lipinski definition) is 0. The Morgan fingerprint density at radius 1 is 1.38 bits per heavy atom. The van der Waals surface area contributed by atoms with Crippen molar-refractivity contribution in [2.24, 2.45) is 0 Å². The third kappa shape index (κ3) is 3.43. The second-order valence-corrected chi connectivity index (χ2v) is 5.17. The first-order valence-electron chi connectivity index (χ1n) is 6.71. The highest BCUT2D eigenvalue weighted by Crippen LogP contribution is 2.22. The minimum atomic E-state index is -0.448. The molecule has 1 fully saturated rings. The molecular weight excluding hydrogens is 294 g/mol. The Morgan fingerprint density at radius 2 is 2.19 bits per heavy atom. The van der Waals surface area contributed by atoms with E-state index in [9.17, 15) is 4.79 Å². The van der Waals surface area contributed by atoms with Crippen LogP contribution in [-0.2, 0) is 20.9 Å². The lowest BCUT2D eigenvalue weighted by Crippen LogP contribution is -2.21. The van der Waals surface area contributed by atoms with Gasteiger partial charge in [0, 0.05) is 17.2 Å². The van der Waals surface area contributed by atoms with E-state index in [1.165, 1.54) is 0 Å². The molecule has 1 aliphatic heterocycles. The maximum Gasteiger partial charge on any atom is 0.335 e. The molecule has 0 radical (unpaired) electrons. The van der Waals surface area contributed by atoms with Crippen LogP contribution in [0.3, 0.4) is 0 Å². The van der Waals surface area contributed by atoms with Crippen LogP contribution in [0, 0.1) is 0 Å². The number of esters is 1. The summed E-state index contributed by atoms with van der Waals surface area (Å²) in [5.74, 6) is 0.597. The van der Waals surface area contributed by atoms with Crippen molar-refractivity contribution in [2.75, 3.05) is 6.61 Å². The van der Waals surface area contributed by atoms with E-state index in [0.29, 0.717) is 29.7 Å². The Bertz CT molecular complexity index is 617. The van der Waals surface area contributed by atoms with Crippen LogP contribution in [0.1, 0.15) is 18.7 Å². The summed E-state index contributed by atoms with van der Waals surface area (Å²) in [5.41, 5.74) is 0.864. The monoisotopic (exact) mass is 307 g/mol. The minimum Gasteiger partial charge on any atom is -0.454 e. The van der Waals surface area contributed by atoms with Gasteiger partial charge >= 0.3 is 5.97 Å². The number of aromatic nitrogens is 1. The average molecular weight is 308 g/mol. The number of carbonyl (C=O) groups is 1. The highest BCUT2D eigenvalue weighted by atomic mass is 35.5. The Labute approximate surface area is 126 Å². The number of halogens is 1. The molecule has 0 spiro atoms. The normalized spacial score (nSPS) is 17.9. The van der Waals surface area contributed by atoms with E-state index in [1.54, 1.807) is 18.3 Å². The molecule has 0 aliphatic carbocycles. The zero-order valence-corrected chi connectivity index (χ0v) is 12.0. The fourth-order valence-corrected chi connectivity index (χ4v) is 2.24. The Morgan fingerprint density at radius 3 is 2.90 bits per heavy atom. The summed E-state index contributed by atoms with van der Waals surface area (Å²) in [4.78, 5) is 15.8. The summed E-state index contributed by atoms with van der Waals surface area (Å²) in [7, 11) is 0. The van der Waals surface area contributed by atoms with E-state index in [0.717, 1.165) is 12.0 Å². The molecule has 1 aliphatic rings. The van der Waals surface area contributed by atoms with Gasteiger partial charge in [0.1, 0.15) is 0 Å². The van der Waals surface area contributed by atoms with E-state index in [1.807, 2.05) is 12.1 Å². The molecule has 110 valence electrons. The first-order valence-corrected chi connectivity index (χ1v) is 7.09. The largest absolute Gasteiger partial charge is 0.454 e. The van der Waals surface area contributed by atoms with E-state index < -0.39 is 6.10 Å². The van der Waals surface area contributed by atoms with Gasteiger partial charge in [-0.25, -0.2) is 9.78 Å². The van der Waals surface area contributed by atoms with Crippen molar-refractivity contribution in [3.63, 3.8) is 0 Å². The van der Waals surface area contributed by atoms with E-state index >= 15 is 0 Å². The molecule has 5 nitrogen and oxygen atoms in total. The first-order chi connectivity index (χ1) is 10.2. The van der Waals surface area contributed by atoms with Crippen molar-refractivity contribution in [3.8, 4) is 11.3 Å². The van der Waals surface area contributed by atoms with Crippen LogP contribution < -0.4 is 0 Å². The summed E-state index contributed by atoms with van der Waals surface area (Å²) in [5, 5.41) is 0.656. The maximum atomic E-state index is 11.7. The summed E-state index contributed by atoms with van der Waals surface area (Å²) in [6, 6.07) is 7.23. The number of nitrogens with zero attached hydrogens (tertiary/aromatic N) is 1. The van der Waals surface area contributed by atoms with Gasteiger partial charge in [-0.3, -0.25) is 0 Å². The van der Waals surface area contributed by atoms with Gasteiger partial charge in [-0.1, -0.05) is 11.6 Å². The van der Waals surface area contributed by atoms with Gasteiger partial charge in [-0.05, 0) is 37.1 Å². The number of carbonyl (C=O) groups excluding carboxylic acids is 1. The molecule has 0 bridgehead atoms. The lowest BCUT2D eigenvalue weighted by atomic mass is 10.2. The molecule has 0 amide bonds. The van der Waals surface area contributed by atoms with Crippen LogP contribution in [0.5, 0.6) is 0 Å². The van der Waals surface area contributed by atoms with E-state index in [2.05, 4.69) is 4.98 Å². The standard InChI is InChI=1S/C15H14ClNO4/c16-11-5-3-10(4-6-11)13-8-17-14(21-13)9-20-15(18)12-2-1-7-19-12/h3-6,8,12H,1-2,7,9H2/t12-/m0/s1. The summed E-state index contributed by atoms with van der Waals surface area (Å²) in [6.07, 6.45) is 2.74. The van der Waals surface area contributed by atoms with Crippen LogP contribution in [0.2, 0.25) is 5.02 Å². The van der Waals surface area contributed by atoms with Crippen LogP contribution in [0.4, 0.5) is 0 Å². The predicted octanol–water partition coefficient (Wildman–Crippen LogP) is 3.22. The van der Waals surface area contributed by atoms with Crippen LogP contribution >= 0.6 is 11.6 Å². The fourth-order valence-electron chi connectivity index (χ4n) is 2.11. The second-order valence-electron chi connectivity index (χ2n) is 4.73. The van der Waals surface area contributed by atoms with Gasteiger partial charge in [0.2, 0.25) is 5.89 Å². The number of rotatable bonds is 4. The molecule has 2 heterocycles. The number of hydrogen-bond acceptors (Lipinski definition) is 5. The predicted molar refractivity (Wildman–Crippen MR) is 75.7 cm³/mol. The highest BCUT2D eigenvalue weighted by molar-refractivity contribution is 6.30. The summed E-state index contributed by atoms with van der Waals surface area (Å²) >= 11 is 5.84. The zero-order chi connectivity index (χ0) is 14.7. The van der Waals surface area contributed by atoms with Crippen LogP contribution in [-0.4, -0.2) is 23.7 Å². The van der Waals surface area contributed by atoms with Crippen molar-refractivity contribution < 1.29 is 18.7 Å². The Kier molecular flexibility index (Phi) is 4.22. The fraction of sp³-hybridized carbons (Fsp3) is 0.333. The number of ether oxygens (including phenoxy) is 2. The van der Waals surface area contributed by atoms with Crippen molar-refractivity contribution in [1.82, 2.24) is 4.98 Å². The molecule has 0 N–H and O–H groups in total. The molecule has 6 heteroatoms. The van der Waals surface area contributed by atoms with Gasteiger partial charge in [-0.15, -0.1) is 0 Å². The quantitative estimate of drug-likeness (QED) is 0.812. The smallest absolute Gasteiger partial charge is 0.335 e. The van der Waals surface area contributed by atoms with E-state index in [-0.39, 0.29) is 12.6 Å². The molecule has 0 saturated carbocycles. The summed E-state index contributed by atoms with van der Waals surface area (Å²) in [6.45, 7) is 0.617. The third-order valence-corrected chi connectivity index (χ3v) is 3.46. The van der Waals surface area contributed by atoms with Crippen LogP contribution in [0.15, 0.2) is 34.9 Å². The number of benzene rings is 1. The molecule has 3 rings (SSSR count). The van der Waals surface area contributed by atoms with Gasteiger partial charge in [-0.2, -0.15) is 0 Å². The van der Waals surface area contributed by atoms with Gasteiger partial charge < -0.3 is 13.9 Å². The second kappa shape index (κ2) is 6.28. The van der Waals surface area contributed by atoms with Gasteiger partial charge in [0.15, 0.2) is 18.5 Å². The van der Waals surface area contributed by atoms with Crippen molar-refractivity contribution in [3.05, 3.63) is 41.4 Å². The van der Waals surface area contributed by atoms with Gasteiger partial charge in [0.05, 0.1) is 6.20 Å². The molecule has 2 aromatic rings. The summed E-state index contributed by atoms with van der Waals surface area (Å²) < 4.78 is 15.9. The van der Waals surface area contributed by atoms with Crippen molar-refractivity contribution in [1.29, 1.82) is 0 Å². The van der Waals surface area contributed by atoms with Gasteiger partial charge in [0.25, 0.3) is 0 Å². The molecule has 1 saturated heterocycles. The Hall–Kier alpha value is -1.85. The molecular formula is C15H14ClNO4. The SMILES string of the molecule is O=C(OCc1ncc(-c2ccc(Cl)cc2)o1)[C@@H]1CCCO1. The minimum absolute atomic E-state index is 0.00623. The first kappa shape index (κ1) is 14.1. The van der Waals surface area contributed by atoms with Crippen molar-refractivity contribution >= 4 is 17.6 Å². The topological polar surface area (TPSA) is 61.6 Å². The van der Waals surface area contributed by atoms with Crippen LogP contribution in [0.25, 0.3) is 11.3 Å². The highest BCUT2D eigenvalue weighted by Gasteiger charge is 2.25. The third-order valence-electron chi connectivity index (χ3n) is 3.21. The van der Waals surface area contributed by atoms with Crippen molar-refractivity contribution in [2.45, 2.75) is 25.6 Å². The average Bonchev–Trinajstić information content (AvgIpc) is 3.17.